The molecule has 1 amide bonds. The average molecular weight is 394 g/mol. The van der Waals surface area contributed by atoms with Gasteiger partial charge in [-0.2, -0.15) is 0 Å². The standard InChI is InChI=1S/C17H23Cl3N2O2/c1-13-5-2-3-10-22(13)11-4-12-24-15-8-6-14(7-9-15)21-16(23)17(18,19)20/h6-9,13H,2-5,10-12H2,1H3,(H,21,23). The third-order valence-corrected chi connectivity index (χ3v) is 4.68. The molecule has 0 spiro atoms. The van der Waals surface area contributed by atoms with E-state index in [0.717, 1.165) is 18.7 Å². The van der Waals surface area contributed by atoms with E-state index in [9.17, 15) is 4.79 Å². The first-order valence-corrected chi connectivity index (χ1v) is 9.35. The van der Waals surface area contributed by atoms with E-state index in [1.165, 1.54) is 25.8 Å². The Morgan fingerprint density at radius 2 is 2.00 bits per heavy atom. The Balaban J connectivity index is 1.71. The summed E-state index contributed by atoms with van der Waals surface area (Å²) in [6.07, 6.45) is 4.93. The lowest BCUT2D eigenvalue weighted by Crippen LogP contribution is -2.38. The molecule has 0 bridgehead atoms. The van der Waals surface area contributed by atoms with Crippen molar-refractivity contribution < 1.29 is 9.53 Å². The molecule has 1 aromatic carbocycles. The number of nitrogens with one attached hydrogen (secondary N) is 1. The number of benzene rings is 1. The van der Waals surface area contributed by atoms with Gasteiger partial charge in [0, 0.05) is 18.3 Å². The topological polar surface area (TPSA) is 41.6 Å². The van der Waals surface area contributed by atoms with Crippen molar-refractivity contribution in [2.24, 2.45) is 0 Å². The van der Waals surface area contributed by atoms with Gasteiger partial charge in [-0.1, -0.05) is 41.2 Å². The van der Waals surface area contributed by atoms with Crippen molar-refractivity contribution in [2.75, 3.05) is 25.0 Å². The molecular weight excluding hydrogens is 371 g/mol. The summed E-state index contributed by atoms with van der Waals surface area (Å²) in [5.74, 6) is 0.0744. The summed E-state index contributed by atoms with van der Waals surface area (Å²) in [7, 11) is 0. The summed E-state index contributed by atoms with van der Waals surface area (Å²) < 4.78 is 3.77. The van der Waals surface area contributed by atoms with Crippen molar-refractivity contribution in [1.29, 1.82) is 0 Å². The maximum Gasteiger partial charge on any atom is 0.276 e. The van der Waals surface area contributed by atoms with E-state index in [1.807, 2.05) is 0 Å². The number of hydrogen-bond acceptors (Lipinski definition) is 3. The number of halogens is 3. The van der Waals surface area contributed by atoms with Gasteiger partial charge in [0.1, 0.15) is 5.75 Å². The quantitative estimate of drug-likeness (QED) is 0.565. The van der Waals surface area contributed by atoms with Gasteiger partial charge in [-0.3, -0.25) is 4.79 Å². The summed E-state index contributed by atoms with van der Waals surface area (Å²) in [6.45, 7) is 5.23. The van der Waals surface area contributed by atoms with Gasteiger partial charge in [0.25, 0.3) is 9.70 Å². The summed E-state index contributed by atoms with van der Waals surface area (Å²) in [5.41, 5.74) is 0.556. The number of anilines is 1. The van der Waals surface area contributed by atoms with Crippen LogP contribution >= 0.6 is 34.8 Å². The molecule has 4 nitrogen and oxygen atoms in total. The smallest absolute Gasteiger partial charge is 0.276 e. The van der Waals surface area contributed by atoms with E-state index >= 15 is 0 Å². The molecule has 1 aliphatic heterocycles. The second-order valence-corrected chi connectivity index (χ2v) is 8.34. The zero-order valence-corrected chi connectivity index (χ0v) is 16.0. The summed E-state index contributed by atoms with van der Waals surface area (Å²) >= 11 is 16.5. The first kappa shape index (κ1) is 19.6. The summed E-state index contributed by atoms with van der Waals surface area (Å²) in [6, 6.07) is 7.70. The molecule has 134 valence electrons. The molecule has 1 N–H and O–H groups in total. The highest BCUT2D eigenvalue weighted by Crippen LogP contribution is 2.28. The Bertz CT molecular complexity index is 532. The van der Waals surface area contributed by atoms with Crippen LogP contribution in [0.4, 0.5) is 5.69 Å². The molecule has 0 aliphatic carbocycles. The van der Waals surface area contributed by atoms with E-state index < -0.39 is 9.70 Å². The Labute approximate surface area is 158 Å². The lowest BCUT2D eigenvalue weighted by atomic mass is 10.0. The van der Waals surface area contributed by atoms with E-state index in [-0.39, 0.29) is 0 Å². The van der Waals surface area contributed by atoms with Crippen molar-refractivity contribution in [3.63, 3.8) is 0 Å². The maximum absolute atomic E-state index is 11.6. The Morgan fingerprint density at radius 1 is 1.29 bits per heavy atom. The van der Waals surface area contributed by atoms with Crippen molar-refractivity contribution in [1.82, 2.24) is 4.90 Å². The fraction of sp³-hybridized carbons (Fsp3) is 0.588. The van der Waals surface area contributed by atoms with Crippen molar-refractivity contribution >= 4 is 46.4 Å². The number of carbonyl (C=O) groups is 1. The van der Waals surface area contributed by atoms with Crippen LogP contribution in [0.2, 0.25) is 0 Å². The van der Waals surface area contributed by atoms with Crippen LogP contribution in [0.25, 0.3) is 0 Å². The number of alkyl halides is 3. The van der Waals surface area contributed by atoms with Gasteiger partial charge in [0.2, 0.25) is 0 Å². The third kappa shape index (κ3) is 6.32. The number of carbonyl (C=O) groups excluding carboxylic acids is 1. The van der Waals surface area contributed by atoms with Crippen LogP contribution in [0.1, 0.15) is 32.6 Å². The van der Waals surface area contributed by atoms with Gasteiger partial charge >= 0.3 is 0 Å². The minimum atomic E-state index is -1.97. The summed E-state index contributed by atoms with van der Waals surface area (Å²) in [5, 5.41) is 2.53. The van der Waals surface area contributed by atoms with Crippen LogP contribution in [-0.2, 0) is 4.79 Å². The third-order valence-electron chi connectivity index (χ3n) is 4.17. The molecule has 1 aliphatic rings. The van der Waals surface area contributed by atoms with Gasteiger partial charge in [0.15, 0.2) is 0 Å². The first-order valence-electron chi connectivity index (χ1n) is 8.21. The van der Waals surface area contributed by atoms with Crippen LogP contribution in [0, 0.1) is 0 Å². The lowest BCUT2D eigenvalue weighted by Gasteiger charge is -2.33. The molecule has 1 aromatic rings. The Kier molecular flexibility index (Phi) is 7.48. The number of amides is 1. The fourth-order valence-corrected chi connectivity index (χ4v) is 2.93. The second kappa shape index (κ2) is 9.14. The minimum Gasteiger partial charge on any atom is -0.494 e. The Morgan fingerprint density at radius 3 is 2.62 bits per heavy atom. The number of rotatable bonds is 6. The molecule has 0 saturated carbocycles. The molecule has 1 atom stereocenters. The van der Waals surface area contributed by atoms with E-state index in [4.69, 9.17) is 39.5 Å². The van der Waals surface area contributed by atoms with Crippen molar-refractivity contribution in [3.05, 3.63) is 24.3 Å². The highest BCUT2D eigenvalue weighted by Gasteiger charge is 2.30. The second-order valence-electron chi connectivity index (χ2n) is 6.06. The molecule has 1 fully saturated rings. The number of ether oxygens (including phenoxy) is 1. The predicted octanol–water partition coefficient (Wildman–Crippen LogP) is 4.64. The van der Waals surface area contributed by atoms with E-state index in [0.29, 0.717) is 18.3 Å². The van der Waals surface area contributed by atoms with Crippen molar-refractivity contribution in [3.8, 4) is 5.75 Å². The molecule has 1 unspecified atom stereocenters. The van der Waals surface area contributed by atoms with Crippen LogP contribution in [0.5, 0.6) is 5.75 Å². The molecule has 1 saturated heterocycles. The number of likely N-dealkylation sites (tertiary alicyclic amines) is 1. The van der Waals surface area contributed by atoms with E-state index in [1.54, 1.807) is 24.3 Å². The van der Waals surface area contributed by atoms with Gasteiger partial charge in [-0.15, -0.1) is 0 Å². The number of piperidine rings is 1. The van der Waals surface area contributed by atoms with Gasteiger partial charge in [0.05, 0.1) is 6.61 Å². The number of nitrogens with zero attached hydrogens (tertiary/aromatic N) is 1. The maximum atomic E-state index is 11.6. The van der Waals surface area contributed by atoms with Gasteiger partial charge in [-0.25, -0.2) is 0 Å². The molecule has 0 radical (unpaired) electrons. The zero-order chi connectivity index (χ0) is 17.6. The minimum absolute atomic E-state index is 0.556. The molecule has 1 heterocycles. The average Bonchev–Trinajstić information content (AvgIpc) is 2.53. The largest absolute Gasteiger partial charge is 0.494 e. The van der Waals surface area contributed by atoms with Crippen LogP contribution in [0.3, 0.4) is 0 Å². The highest BCUT2D eigenvalue weighted by molar-refractivity contribution is 6.76. The fourth-order valence-electron chi connectivity index (χ4n) is 2.78. The normalized spacial score (nSPS) is 19.1. The van der Waals surface area contributed by atoms with Gasteiger partial charge in [-0.05, 0) is 57.0 Å². The summed E-state index contributed by atoms with van der Waals surface area (Å²) in [4.78, 5) is 14.1. The molecule has 2 rings (SSSR count). The monoisotopic (exact) mass is 392 g/mol. The van der Waals surface area contributed by atoms with E-state index in [2.05, 4.69) is 17.1 Å². The molecule has 0 aromatic heterocycles. The lowest BCUT2D eigenvalue weighted by molar-refractivity contribution is -0.115. The zero-order valence-electron chi connectivity index (χ0n) is 13.7. The molecule has 7 heteroatoms. The Hall–Kier alpha value is -0.680. The molecular formula is C17H23Cl3N2O2. The van der Waals surface area contributed by atoms with Crippen LogP contribution in [-0.4, -0.2) is 40.3 Å². The predicted molar refractivity (Wildman–Crippen MR) is 100 cm³/mol. The van der Waals surface area contributed by atoms with Crippen molar-refractivity contribution in [2.45, 2.75) is 42.4 Å². The van der Waals surface area contributed by atoms with Crippen LogP contribution < -0.4 is 10.1 Å². The first-order chi connectivity index (χ1) is 11.4. The molecule has 24 heavy (non-hydrogen) atoms. The number of hydrogen-bond donors (Lipinski definition) is 1. The van der Waals surface area contributed by atoms with Gasteiger partial charge < -0.3 is 15.0 Å². The highest BCUT2D eigenvalue weighted by atomic mass is 35.6. The van der Waals surface area contributed by atoms with Crippen LogP contribution in [0.15, 0.2) is 24.3 Å². The SMILES string of the molecule is CC1CCCCN1CCCOc1ccc(NC(=O)C(Cl)(Cl)Cl)cc1.